The highest BCUT2D eigenvalue weighted by molar-refractivity contribution is 5.69. The lowest BCUT2D eigenvalue weighted by atomic mass is 10.2. The van der Waals surface area contributed by atoms with Gasteiger partial charge in [0.15, 0.2) is 0 Å². The number of carboxylic acid groups (broad SMARTS) is 1. The van der Waals surface area contributed by atoms with Crippen molar-refractivity contribution in [1.82, 2.24) is 4.90 Å². The fourth-order valence-corrected chi connectivity index (χ4v) is 1.33. The first-order valence-electron chi connectivity index (χ1n) is 5.18. The molecule has 0 heterocycles. The second kappa shape index (κ2) is 7.56. The minimum Gasteiger partial charge on any atom is -0.480 e. The smallest absolute Gasteiger partial charge is 0.317 e. The van der Waals surface area contributed by atoms with Crippen LogP contribution < -0.4 is 0 Å². The van der Waals surface area contributed by atoms with Crippen molar-refractivity contribution in [3.63, 3.8) is 0 Å². The molecule has 82 valence electrons. The third kappa shape index (κ3) is 5.75. The maximum atomic E-state index is 10.6. The molecule has 0 aliphatic heterocycles. The largest absolute Gasteiger partial charge is 0.480 e. The molecule has 0 aromatic carbocycles. The Morgan fingerprint density at radius 2 is 2.29 bits per heavy atom. The summed E-state index contributed by atoms with van der Waals surface area (Å²) in [6, 6.07) is 0.343. The molecule has 3 heteroatoms. The van der Waals surface area contributed by atoms with Crippen molar-refractivity contribution in [2.45, 2.75) is 39.2 Å². The molecule has 0 radical (unpaired) electrons. The molecule has 0 saturated carbocycles. The molecule has 1 N–H and O–H groups in total. The lowest BCUT2D eigenvalue weighted by molar-refractivity contribution is -0.138. The number of rotatable bonds is 8. The number of unbranched alkanes of at least 4 members (excludes halogenated alkanes) is 1. The quantitative estimate of drug-likeness (QED) is 0.481. The zero-order valence-corrected chi connectivity index (χ0v) is 9.20. The second-order valence-electron chi connectivity index (χ2n) is 3.55. The molecule has 0 aromatic heterocycles. The molecule has 0 spiro atoms. The lowest BCUT2D eigenvalue weighted by Gasteiger charge is -2.26. The molecule has 3 nitrogen and oxygen atoms in total. The minimum atomic E-state index is -0.746. The van der Waals surface area contributed by atoms with Crippen LogP contribution in [0.4, 0.5) is 0 Å². The van der Waals surface area contributed by atoms with Gasteiger partial charge in [-0.1, -0.05) is 13.0 Å². The number of carbonyl (C=O) groups is 1. The van der Waals surface area contributed by atoms with Gasteiger partial charge >= 0.3 is 5.97 Å². The van der Waals surface area contributed by atoms with E-state index in [9.17, 15) is 4.79 Å². The van der Waals surface area contributed by atoms with E-state index in [4.69, 9.17) is 5.11 Å². The summed E-state index contributed by atoms with van der Waals surface area (Å²) in [6.07, 6.45) is 4.80. The van der Waals surface area contributed by atoms with Gasteiger partial charge in [0, 0.05) is 6.04 Å². The maximum Gasteiger partial charge on any atom is 0.317 e. The minimum absolute atomic E-state index is 0.145. The van der Waals surface area contributed by atoms with Crippen LogP contribution in [0.2, 0.25) is 0 Å². The van der Waals surface area contributed by atoms with E-state index in [0.29, 0.717) is 6.04 Å². The average Bonchev–Trinajstić information content (AvgIpc) is 2.15. The van der Waals surface area contributed by atoms with Gasteiger partial charge in [0.05, 0.1) is 6.54 Å². The van der Waals surface area contributed by atoms with Crippen LogP contribution in [0.15, 0.2) is 12.7 Å². The summed E-state index contributed by atoms with van der Waals surface area (Å²) in [4.78, 5) is 12.6. The van der Waals surface area contributed by atoms with Crippen LogP contribution in [0.25, 0.3) is 0 Å². The summed E-state index contributed by atoms with van der Waals surface area (Å²) in [6.45, 7) is 8.78. The van der Waals surface area contributed by atoms with Gasteiger partial charge in [-0.25, -0.2) is 0 Å². The molecule has 1 atom stereocenters. The molecular weight excluding hydrogens is 178 g/mol. The van der Waals surface area contributed by atoms with Gasteiger partial charge < -0.3 is 5.11 Å². The first kappa shape index (κ1) is 13.2. The third-order valence-electron chi connectivity index (χ3n) is 2.41. The van der Waals surface area contributed by atoms with Crippen LogP contribution in [0.3, 0.4) is 0 Å². The Labute approximate surface area is 86.4 Å². The van der Waals surface area contributed by atoms with Gasteiger partial charge in [0.25, 0.3) is 0 Å². The van der Waals surface area contributed by atoms with Crippen LogP contribution in [-0.2, 0) is 4.79 Å². The lowest BCUT2D eigenvalue weighted by Crippen LogP contribution is -2.37. The summed E-state index contributed by atoms with van der Waals surface area (Å²) in [5.41, 5.74) is 0. The molecule has 14 heavy (non-hydrogen) atoms. The Morgan fingerprint density at radius 3 is 2.71 bits per heavy atom. The van der Waals surface area contributed by atoms with Crippen LogP contribution in [0, 0.1) is 0 Å². The predicted molar refractivity (Wildman–Crippen MR) is 58.4 cm³/mol. The molecular formula is C11H21NO2. The molecule has 0 fully saturated rings. The first-order valence-corrected chi connectivity index (χ1v) is 5.18. The Morgan fingerprint density at radius 1 is 1.64 bits per heavy atom. The van der Waals surface area contributed by atoms with Gasteiger partial charge in [0.2, 0.25) is 0 Å². The van der Waals surface area contributed by atoms with Crippen LogP contribution in [0.1, 0.15) is 33.1 Å². The molecule has 1 unspecified atom stereocenters. The number of aliphatic carboxylic acids is 1. The Hall–Kier alpha value is -0.830. The molecule has 0 aliphatic rings. The SMILES string of the molecule is C=CCCCN(CC(=O)O)C(C)CC. The Balaban J connectivity index is 3.96. The van der Waals surface area contributed by atoms with Crippen molar-refractivity contribution in [2.75, 3.05) is 13.1 Å². The fraction of sp³-hybridized carbons (Fsp3) is 0.727. The summed E-state index contributed by atoms with van der Waals surface area (Å²) in [5, 5.41) is 8.72. The summed E-state index contributed by atoms with van der Waals surface area (Å²) >= 11 is 0. The van der Waals surface area contributed by atoms with Crippen molar-refractivity contribution in [3.8, 4) is 0 Å². The van der Waals surface area contributed by atoms with Gasteiger partial charge in [-0.05, 0) is 32.7 Å². The fourth-order valence-electron chi connectivity index (χ4n) is 1.33. The molecule has 0 bridgehead atoms. The number of allylic oxidation sites excluding steroid dienone is 1. The number of hydrogen-bond acceptors (Lipinski definition) is 2. The first-order chi connectivity index (χ1) is 6.61. The van der Waals surface area contributed by atoms with E-state index in [1.54, 1.807) is 0 Å². The van der Waals surface area contributed by atoms with E-state index in [2.05, 4.69) is 20.4 Å². The van der Waals surface area contributed by atoms with Crippen molar-refractivity contribution in [3.05, 3.63) is 12.7 Å². The van der Waals surface area contributed by atoms with E-state index in [-0.39, 0.29) is 6.54 Å². The van der Waals surface area contributed by atoms with Crippen molar-refractivity contribution < 1.29 is 9.90 Å². The molecule has 0 rings (SSSR count). The highest BCUT2D eigenvalue weighted by Crippen LogP contribution is 2.05. The summed E-state index contributed by atoms with van der Waals surface area (Å²) < 4.78 is 0. The van der Waals surface area contributed by atoms with Crippen LogP contribution in [0.5, 0.6) is 0 Å². The zero-order valence-electron chi connectivity index (χ0n) is 9.20. The predicted octanol–water partition coefficient (Wildman–Crippen LogP) is 2.14. The van der Waals surface area contributed by atoms with E-state index in [1.165, 1.54) is 0 Å². The third-order valence-corrected chi connectivity index (χ3v) is 2.41. The number of hydrogen-bond donors (Lipinski definition) is 1. The molecule has 0 saturated heterocycles. The summed E-state index contributed by atoms with van der Waals surface area (Å²) in [5.74, 6) is -0.746. The maximum absolute atomic E-state index is 10.6. The van der Waals surface area contributed by atoms with E-state index in [1.807, 2.05) is 11.0 Å². The average molecular weight is 199 g/mol. The standard InChI is InChI=1S/C11H21NO2/c1-4-6-7-8-12(9-11(13)14)10(3)5-2/h4,10H,1,5-9H2,2-3H3,(H,13,14). The second-order valence-corrected chi connectivity index (χ2v) is 3.55. The molecule has 0 aliphatic carbocycles. The highest BCUT2D eigenvalue weighted by Gasteiger charge is 2.14. The normalized spacial score (nSPS) is 12.8. The zero-order chi connectivity index (χ0) is 11.0. The van der Waals surface area contributed by atoms with E-state index >= 15 is 0 Å². The number of carboxylic acids is 1. The molecule has 0 amide bonds. The monoisotopic (exact) mass is 199 g/mol. The van der Waals surface area contributed by atoms with E-state index < -0.39 is 5.97 Å². The Bertz CT molecular complexity index is 180. The van der Waals surface area contributed by atoms with Crippen LogP contribution >= 0.6 is 0 Å². The van der Waals surface area contributed by atoms with Gasteiger partial charge in [0.1, 0.15) is 0 Å². The molecule has 0 aromatic rings. The van der Waals surface area contributed by atoms with Gasteiger partial charge in [-0.2, -0.15) is 0 Å². The van der Waals surface area contributed by atoms with Crippen molar-refractivity contribution in [1.29, 1.82) is 0 Å². The highest BCUT2D eigenvalue weighted by atomic mass is 16.4. The topological polar surface area (TPSA) is 40.5 Å². The van der Waals surface area contributed by atoms with Gasteiger partial charge in [-0.3, -0.25) is 9.69 Å². The Kier molecular flexibility index (Phi) is 7.11. The number of nitrogens with zero attached hydrogens (tertiary/aromatic N) is 1. The summed E-state index contributed by atoms with van der Waals surface area (Å²) in [7, 11) is 0. The van der Waals surface area contributed by atoms with Crippen LogP contribution in [-0.4, -0.2) is 35.1 Å². The van der Waals surface area contributed by atoms with E-state index in [0.717, 1.165) is 25.8 Å². The van der Waals surface area contributed by atoms with Crippen molar-refractivity contribution in [2.24, 2.45) is 0 Å². The van der Waals surface area contributed by atoms with Gasteiger partial charge in [-0.15, -0.1) is 6.58 Å². The van der Waals surface area contributed by atoms with Crippen molar-refractivity contribution >= 4 is 5.97 Å².